The second-order valence-electron chi connectivity index (χ2n) is 6.25. The van der Waals surface area contributed by atoms with Crippen molar-refractivity contribution in [2.75, 3.05) is 42.6 Å². The molecule has 0 aliphatic carbocycles. The second kappa shape index (κ2) is 7.25. The summed E-state index contributed by atoms with van der Waals surface area (Å²) in [5.41, 5.74) is -0.0332. The SMILES string of the molecule is O=C(C1CCN(c2cccc(C(F)(F)F)c2)CC1)N1CCSCC1. The van der Waals surface area contributed by atoms with Crippen LogP contribution < -0.4 is 4.90 Å². The molecule has 1 aromatic rings. The predicted molar refractivity (Wildman–Crippen MR) is 90.3 cm³/mol. The number of piperidine rings is 1. The van der Waals surface area contributed by atoms with Gasteiger partial charge in [0.25, 0.3) is 0 Å². The van der Waals surface area contributed by atoms with Crippen molar-refractivity contribution in [3.05, 3.63) is 29.8 Å². The fraction of sp³-hybridized carbons (Fsp3) is 0.588. The van der Waals surface area contributed by atoms with Gasteiger partial charge in [0.1, 0.15) is 0 Å². The highest BCUT2D eigenvalue weighted by Crippen LogP contribution is 2.33. The minimum absolute atomic E-state index is 0.00940. The number of rotatable bonds is 2. The molecule has 0 unspecified atom stereocenters. The lowest BCUT2D eigenvalue weighted by atomic mass is 9.94. The van der Waals surface area contributed by atoms with Crippen molar-refractivity contribution in [2.45, 2.75) is 19.0 Å². The number of hydrogen-bond acceptors (Lipinski definition) is 3. The largest absolute Gasteiger partial charge is 0.416 e. The first-order valence-corrected chi connectivity index (χ1v) is 9.39. The monoisotopic (exact) mass is 358 g/mol. The fourth-order valence-electron chi connectivity index (χ4n) is 3.31. The van der Waals surface area contributed by atoms with Gasteiger partial charge < -0.3 is 9.80 Å². The minimum Gasteiger partial charge on any atom is -0.371 e. The topological polar surface area (TPSA) is 23.6 Å². The molecule has 7 heteroatoms. The van der Waals surface area contributed by atoms with Crippen LogP contribution in [0.5, 0.6) is 0 Å². The van der Waals surface area contributed by atoms with E-state index in [9.17, 15) is 18.0 Å². The third kappa shape index (κ3) is 3.99. The van der Waals surface area contributed by atoms with E-state index >= 15 is 0 Å². The number of nitrogens with zero attached hydrogens (tertiary/aromatic N) is 2. The van der Waals surface area contributed by atoms with E-state index in [1.807, 2.05) is 21.6 Å². The molecule has 132 valence electrons. The Morgan fingerprint density at radius 3 is 2.38 bits per heavy atom. The van der Waals surface area contributed by atoms with Crippen LogP contribution in [0.25, 0.3) is 0 Å². The number of carbonyl (C=O) groups is 1. The van der Waals surface area contributed by atoms with Crippen LogP contribution in [-0.2, 0) is 11.0 Å². The maximum absolute atomic E-state index is 12.8. The van der Waals surface area contributed by atoms with Gasteiger partial charge in [-0.1, -0.05) is 6.07 Å². The lowest BCUT2D eigenvalue weighted by Crippen LogP contribution is -2.45. The molecular weight excluding hydrogens is 337 g/mol. The lowest BCUT2D eigenvalue weighted by Gasteiger charge is -2.36. The van der Waals surface area contributed by atoms with Crippen LogP contribution >= 0.6 is 11.8 Å². The molecule has 1 aromatic carbocycles. The van der Waals surface area contributed by atoms with Crippen molar-refractivity contribution in [3.63, 3.8) is 0 Å². The number of amides is 1. The molecule has 0 aromatic heterocycles. The zero-order valence-electron chi connectivity index (χ0n) is 13.4. The molecule has 0 bridgehead atoms. The molecule has 0 spiro atoms. The Kier molecular flexibility index (Phi) is 5.27. The summed E-state index contributed by atoms with van der Waals surface area (Å²) in [4.78, 5) is 16.4. The standard InChI is InChI=1S/C17H21F3N2OS/c18-17(19,20)14-2-1-3-15(12-14)21-6-4-13(5-7-21)16(23)22-8-10-24-11-9-22/h1-3,12-13H,4-11H2. The molecule has 0 atom stereocenters. The normalized spacial score (nSPS) is 20.3. The average Bonchev–Trinajstić information content (AvgIpc) is 2.61. The van der Waals surface area contributed by atoms with Crippen LogP contribution in [0.3, 0.4) is 0 Å². The van der Waals surface area contributed by atoms with Gasteiger partial charge in [-0.05, 0) is 31.0 Å². The maximum Gasteiger partial charge on any atom is 0.416 e. The molecule has 2 aliphatic rings. The number of carbonyl (C=O) groups excluding carboxylic acids is 1. The van der Waals surface area contributed by atoms with Crippen LogP contribution in [-0.4, -0.2) is 48.5 Å². The molecule has 1 amide bonds. The summed E-state index contributed by atoms with van der Waals surface area (Å²) >= 11 is 1.87. The average molecular weight is 358 g/mol. The Labute approximate surface area is 144 Å². The first kappa shape index (κ1) is 17.5. The van der Waals surface area contributed by atoms with Crippen molar-refractivity contribution in [2.24, 2.45) is 5.92 Å². The van der Waals surface area contributed by atoms with Crippen molar-refractivity contribution in [3.8, 4) is 0 Å². The lowest BCUT2D eigenvalue weighted by molar-refractivity contribution is -0.137. The van der Waals surface area contributed by atoms with E-state index in [4.69, 9.17) is 0 Å². The summed E-state index contributed by atoms with van der Waals surface area (Å²) in [5, 5.41) is 0. The highest BCUT2D eigenvalue weighted by atomic mass is 32.2. The number of alkyl halides is 3. The Morgan fingerprint density at radius 1 is 1.08 bits per heavy atom. The smallest absolute Gasteiger partial charge is 0.371 e. The quantitative estimate of drug-likeness (QED) is 0.808. The summed E-state index contributed by atoms with van der Waals surface area (Å²) < 4.78 is 38.5. The summed E-state index contributed by atoms with van der Waals surface area (Å²) in [7, 11) is 0. The van der Waals surface area contributed by atoms with E-state index < -0.39 is 11.7 Å². The van der Waals surface area contributed by atoms with Gasteiger partial charge in [0.15, 0.2) is 0 Å². The maximum atomic E-state index is 12.8. The predicted octanol–water partition coefficient (Wildman–Crippen LogP) is 3.50. The molecule has 0 saturated carbocycles. The van der Waals surface area contributed by atoms with Crippen molar-refractivity contribution >= 4 is 23.4 Å². The van der Waals surface area contributed by atoms with Crippen molar-refractivity contribution in [1.29, 1.82) is 0 Å². The van der Waals surface area contributed by atoms with E-state index in [0.29, 0.717) is 31.6 Å². The second-order valence-corrected chi connectivity index (χ2v) is 7.47. The summed E-state index contributed by atoms with van der Waals surface area (Å²) in [5.74, 6) is 2.22. The number of anilines is 1. The molecule has 2 aliphatic heterocycles. The van der Waals surface area contributed by atoms with E-state index in [-0.39, 0.29) is 11.8 Å². The number of thioether (sulfide) groups is 1. The zero-order valence-corrected chi connectivity index (χ0v) is 14.2. The fourth-order valence-corrected chi connectivity index (χ4v) is 4.21. The number of halogens is 3. The molecule has 2 heterocycles. The van der Waals surface area contributed by atoms with Crippen LogP contribution in [0.15, 0.2) is 24.3 Å². The van der Waals surface area contributed by atoms with Gasteiger partial charge in [0, 0.05) is 49.3 Å². The Bertz CT molecular complexity index is 579. The van der Waals surface area contributed by atoms with Gasteiger partial charge in [0.05, 0.1) is 5.56 Å². The van der Waals surface area contributed by atoms with E-state index in [0.717, 1.165) is 30.7 Å². The van der Waals surface area contributed by atoms with Gasteiger partial charge in [0.2, 0.25) is 5.91 Å². The number of hydrogen-bond donors (Lipinski definition) is 0. The molecule has 2 saturated heterocycles. The van der Waals surface area contributed by atoms with Crippen LogP contribution in [0.4, 0.5) is 18.9 Å². The molecule has 3 rings (SSSR count). The van der Waals surface area contributed by atoms with E-state index in [2.05, 4.69) is 0 Å². The number of benzene rings is 1. The van der Waals surface area contributed by atoms with Crippen molar-refractivity contribution in [1.82, 2.24) is 4.90 Å². The highest BCUT2D eigenvalue weighted by molar-refractivity contribution is 7.99. The Morgan fingerprint density at radius 2 is 1.75 bits per heavy atom. The molecule has 24 heavy (non-hydrogen) atoms. The Hall–Kier alpha value is -1.37. The van der Waals surface area contributed by atoms with Crippen LogP contribution in [0.1, 0.15) is 18.4 Å². The summed E-state index contributed by atoms with van der Waals surface area (Å²) in [6, 6.07) is 5.44. The van der Waals surface area contributed by atoms with Gasteiger partial charge in [-0.25, -0.2) is 0 Å². The van der Waals surface area contributed by atoms with Crippen LogP contribution in [0.2, 0.25) is 0 Å². The van der Waals surface area contributed by atoms with Gasteiger partial charge in [-0.2, -0.15) is 24.9 Å². The highest BCUT2D eigenvalue weighted by Gasteiger charge is 2.32. The first-order valence-electron chi connectivity index (χ1n) is 8.24. The first-order chi connectivity index (χ1) is 11.4. The van der Waals surface area contributed by atoms with Gasteiger partial charge in [-0.3, -0.25) is 4.79 Å². The molecule has 0 N–H and O–H groups in total. The summed E-state index contributed by atoms with van der Waals surface area (Å²) in [6.45, 7) is 2.88. The molecule has 2 fully saturated rings. The summed E-state index contributed by atoms with van der Waals surface area (Å²) in [6.07, 6.45) is -2.91. The molecule has 3 nitrogen and oxygen atoms in total. The van der Waals surface area contributed by atoms with Crippen LogP contribution in [0, 0.1) is 5.92 Å². The third-order valence-corrected chi connectivity index (χ3v) is 5.65. The zero-order chi connectivity index (χ0) is 17.2. The van der Waals surface area contributed by atoms with Gasteiger partial charge >= 0.3 is 6.18 Å². The molecule has 0 radical (unpaired) electrons. The Balaban J connectivity index is 1.60. The van der Waals surface area contributed by atoms with E-state index in [1.54, 1.807) is 6.07 Å². The molecular formula is C17H21F3N2OS. The minimum atomic E-state index is -4.32. The van der Waals surface area contributed by atoms with Gasteiger partial charge in [-0.15, -0.1) is 0 Å². The third-order valence-electron chi connectivity index (χ3n) is 4.71. The van der Waals surface area contributed by atoms with E-state index in [1.165, 1.54) is 12.1 Å². The van der Waals surface area contributed by atoms with Crippen molar-refractivity contribution < 1.29 is 18.0 Å².